The fraction of sp³-hybridized carbons (Fsp3) is 0.350. The lowest BCUT2D eigenvalue weighted by Crippen LogP contribution is -2.44. The SMILES string of the molecule is CC(Oc1ccc(Cl)cc1Cl)C(=O)Nc1ccc(N2CCN(C)CC2)c(Cl)c1. The fourth-order valence-corrected chi connectivity index (χ4v) is 3.70. The molecule has 1 amide bonds. The first-order chi connectivity index (χ1) is 13.3. The van der Waals surface area contributed by atoms with Gasteiger partial charge in [-0.05, 0) is 50.4 Å². The molecule has 1 aliphatic rings. The molecule has 28 heavy (non-hydrogen) atoms. The Balaban J connectivity index is 1.62. The van der Waals surface area contributed by atoms with E-state index in [0.717, 1.165) is 31.9 Å². The highest BCUT2D eigenvalue weighted by atomic mass is 35.5. The third kappa shape index (κ3) is 5.23. The number of amides is 1. The Hall–Kier alpha value is -1.66. The van der Waals surface area contributed by atoms with Gasteiger partial charge >= 0.3 is 0 Å². The van der Waals surface area contributed by atoms with Crippen molar-refractivity contribution in [1.29, 1.82) is 0 Å². The van der Waals surface area contributed by atoms with Crippen molar-refractivity contribution in [2.75, 3.05) is 43.4 Å². The van der Waals surface area contributed by atoms with E-state index in [1.54, 1.807) is 31.2 Å². The number of nitrogens with zero attached hydrogens (tertiary/aromatic N) is 2. The number of halogens is 3. The molecule has 0 radical (unpaired) electrons. The van der Waals surface area contributed by atoms with Crippen molar-refractivity contribution in [3.63, 3.8) is 0 Å². The van der Waals surface area contributed by atoms with Crippen LogP contribution in [0.2, 0.25) is 15.1 Å². The minimum atomic E-state index is -0.741. The summed E-state index contributed by atoms with van der Waals surface area (Å²) in [5, 5.41) is 4.29. The molecule has 0 aromatic heterocycles. The van der Waals surface area contributed by atoms with E-state index in [4.69, 9.17) is 39.5 Å². The average molecular weight is 443 g/mol. The number of benzene rings is 2. The summed E-state index contributed by atoms with van der Waals surface area (Å²) in [6.07, 6.45) is -0.741. The van der Waals surface area contributed by atoms with E-state index in [2.05, 4.69) is 22.2 Å². The monoisotopic (exact) mass is 441 g/mol. The van der Waals surface area contributed by atoms with Crippen molar-refractivity contribution < 1.29 is 9.53 Å². The maximum atomic E-state index is 12.5. The summed E-state index contributed by atoms with van der Waals surface area (Å²) in [6, 6.07) is 10.4. The Morgan fingerprint density at radius 1 is 1.04 bits per heavy atom. The molecule has 2 aromatic rings. The quantitative estimate of drug-likeness (QED) is 0.722. The molecule has 5 nitrogen and oxygen atoms in total. The van der Waals surface area contributed by atoms with Crippen LogP contribution in [-0.2, 0) is 4.79 Å². The molecule has 3 rings (SSSR count). The van der Waals surface area contributed by atoms with Crippen LogP contribution < -0.4 is 15.0 Å². The minimum absolute atomic E-state index is 0.297. The molecular formula is C20H22Cl3N3O2. The molecule has 0 spiro atoms. The molecule has 8 heteroatoms. The summed E-state index contributed by atoms with van der Waals surface area (Å²) in [5.74, 6) is 0.103. The van der Waals surface area contributed by atoms with E-state index >= 15 is 0 Å². The number of piperazine rings is 1. The lowest BCUT2D eigenvalue weighted by molar-refractivity contribution is -0.122. The minimum Gasteiger partial charge on any atom is -0.479 e. The predicted octanol–water partition coefficient (Wildman–Crippen LogP) is 4.80. The van der Waals surface area contributed by atoms with Gasteiger partial charge in [0, 0.05) is 36.9 Å². The summed E-state index contributed by atoms with van der Waals surface area (Å²) < 4.78 is 5.64. The molecule has 1 fully saturated rings. The standard InChI is InChI=1S/C20H22Cl3N3O2/c1-13(28-19-6-3-14(21)11-17(19)23)20(27)24-15-4-5-18(16(22)12-15)26-9-7-25(2)8-10-26/h3-6,11-13H,7-10H2,1-2H3,(H,24,27). The van der Waals surface area contributed by atoms with Crippen LogP contribution >= 0.6 is 34.8 Å². The number of carbonyl (C=O) groups excluding carboxylic acids is 1. The van der Waals surface area contributed by atoms with Crippen molar-refractivity contribution >= 4 is 52.1 Å². The largest absolute Gasteiger partial charge is 0.479 e. The second kappa shape index (κ2) is 9.23. The van der Waals surface area contributed by atoms with Crippen molar-refractivity contribution in [3.8, 4) is 5.75 Å². The van der Waals surface area contributed by atoms with Crippen LogP contribution in [0.5, 0.6) is 5.75 Å². The molecule has 1 unspecified atom stereocenters. The average Bonchev–Trinajstić information content (AvgIpc) is 2.65. The van der Waals surface area contributed by atoms with Gasteiger partial charge in [0.1, 0.15) is 5.75 Å². The van der Waals surface area contributed by atoms with Crippen LogP contribution in [0.4, 0.5) is 11.4 Å². The Bertz CT molecular complexity index is 855. The van der Waals surface area contributed by atoms with E-state index in [9.17, 15) is 4.79 Å². The third-order valence-corrected chi connectivity index (χ3v) is 5.46. The van der Waals surface area contributed by atoms with Gasteiger partial charge in [0.25, 0.3) is 5.91 Å². The summed E-state index contributed by atoms with van der Waals surface area (Å²) in [6.45, 7) is 5.50. The van der Waals surface area contributed by atoms with E-state index < -0.39 is 6.10 Å². The normalized spacial score (nSPS) is 16.0. The Labute approximate surface area is 180 Å². The number of hydrogen-bond donors (Lipinski definition) is 1. The molecule has 1 saturated heterocycles. The molecule has 1 heterocycles. The first-order valence-electron chi connectivity index (χ1n) is 8.99. The number of carbonyl (C=O) groups is 1. The second-order valence-electron chi connectivity index (χ2n) is 6.78. The van der Waals surface area contributed by atoms with E-state index in [0.29, 0.717) is 26.5 Å². The fourth-order valence-electron chi connectivity index (χ4n) is 2.95. The highest BCUT2D eigenvalue weighted by Gasteiger charge is 2.19. The number of likely N-dealkylation sites (N-methyl/N-ethyl adjacent to an activating group) is 1. The second-order valence-corrected chi connectivity index (χ2v) is 8.03. The number of nitrogens with one attached hydrogen (secondary N) is 1. The number of anilines is 2. The molecule has 1 aliphatic heterocycles. The topological polar surface area (TPSA) is 44.8 Å². The van der Waals surface area contributed by atoms with Gasteiger partial charge in [-0.3, -0.25) is 4.79 Å². The molecule has 0 bridgehead atoms. The zero-order chi connectivity index (χ0) is 20.3. The van der Waals surface area contributed by atoms with Crippen LogP contribution in [0.15, 0.2) is 36.4 Å². The predicted molar refractivity (Wildman–Crippen MR) is 116 cm³/mol. The van der Waals surface area contributed by atoms with Gasteiger partial charge in [0.15, 0.2) is 6.10 Å². The lowest BCUT2D eigenvalue weighted by Gasteiger charge is -2.34. The summed E-state index contributed by atoms with van der Waals surface area (Å²) in [5.41, 5.74) is 1.59. The zero-order valence-electron chi connectivity index (χ0n) is 15.7. The smallest absolute Gasteiger partial charge is 0.265 e. The number of ether oxygens (including phenoxy) is 1. The van der Waals surface area contributed by atoms with Crippen molar-refractivity contribution in [2.45, 2.75) is 13.0 Å². The van der Waals surface area contributed by atoms with Crippen LogP contribution in [-0.4, -0.2) is 50.1 Å². The highest BCUT2D eigenvalue weighted by molar-refractivity contribution is 6.35. The van der Waals surface area contributed by atoms with Crippen LogP contribution in [0, 0.1) is 0 Å². The van der Waals surface area contributed by atoms with Gasteiger partial charge < -0.3 is 19.9 Å². The Kier molecular flexibility index (Phi) is 6.94. The molecular weight excluding hydrogens is 421 g/mol. The van der Waals surface area contributed by atoms with Gasteiger partial charge in [-0.1, -0.05) is 34.8 Å². The number of rotatable bonds is 5. The van der Waals surface area contributed by atoms with Crippen molar-refractivity contribution in [1.82, 2.24) is 4.90 Å². The van der Waals surface area contributed by atoms with Gasteiger partial charge in [-0.15, -0.1) is 0 Å². The van der Waals surface area contributed by atoms with Crippen LogP contribution in [0.25, 0.3) is 0 Å². The van der Waals surface area contributed by atoms with Gasteiger partial charge in [-0.2, -0.15) is 0 Å². The highest BCUT2D eigenvalue weighted by Crippen LogP contribution is 2.30. The zero-order valence-corrected chi connectivity index (χ0v) is 18.0. The Morgan fingerprint density at radius 2 is 1.75 bits per heavy atom. The lowest BCUT2D eigenvalue weighted by atomic mass is 10.2. The maximum absolute atomic E-state index is 12.5. The number of hydrogen-bond acceptors (Lipinski definition) is 4. The summed E-state index contributed by atoms with van der Waals surface area (Å²) >= 11 is 18.4. The maximum Gasteiger partial charge on any atom is 0.265 e. The third-order valence-electron chi connectivity index (χ3n) is 4.63. The van der Waals surface area contributed by atoms with E-state index in [-0.39, 0.29) is 5.91 Å². The van der Waals surface area contributed by atoms with Crippen LogP contribution in [0.1, 0.15) is 6.92 Å². The Morgan fingerprint density at radius 3 is 2.39 bits per heavy atom. The van der Waals surface area contributed by atoms with Gasteiger partial charge in [0.2, 0.25) is 0 Å². The molecule has 150 valence electrons. The molecule has 0 saturated carbocycles. The molecule has 0 aliphatic carbocycles. The van der Waals surface area contributed by atoms with Gasteiger partial charge in [0.05, 0.1) is 15.7 Å². The van der Waals surface area contributed by atoms with Crippen LogP contribution in [0.3, 0.4) is 0 Å². The summed E-state index contributed by atoms with van der Waals surface area (Å²) in [7, 11) is 2.11. The first kappa shape index (κ1) is 21.1. The van der Waals surface area contributed by atoms with E-state index in [1.807, 2.05) is 12.1 Å². The van der Waals surface area contributed by atoms with Crippen molar-refractivity contribution in [3.05, 3.63) is 51.5 Å². The van der Waals surface area contributed by atoms with E-state index in [1.165, 1.54) is 0 Å². The van der Waals surface area contributed by atoms with Gasteiger partial charge in [-0.25, -0.2) is 0 Å². The molecule has 2 aromatic carbocycles. The molecule has 1 N–H and O–H groups in total. The summed E-state index contributed by atoms with van der Waals surface area (Å²) in [4.78, 5) is 17.0. The first-order valence-corrected chi connectivity index (χ1v) is 10.1. The molecule has 1 atom stereocenters. The van der Waals surface area contributed by atoms with Crippen molar-refractivity contribution in [2.24, 2.45) is 0 Å².